The van der Waals surface area contributed by atoms with E-state index in [0.717, 1.165) is 38.5 Å². The predicted octanol–water partition coefficient (Wildman–Crippen LogP) is 4.71. The summed E-state index contributed by atoms with van der Waals surface area (Å²) in [5, 5.41) is 2.80. The summed E-state index contributed by atoms with van der Waals surface area (Å²) >= 11 is 0. The number of hydrogen-bond donors (Lipinski definition) is 2. The highest BCUT2D eigenvalue weighted by atomic mass is 16.9. The molecule has 0 aromatic heterocycles. The topological polar surface area (TPSA) is 82.8 Å². The molecule has 1 atom stereocenters. The third kappa shape index (κ3) is 12.5. The van der Waals surface area contributed by atoms with Crippen molar-refractivity contribution in [1.82, 2.24) is 5.32 Å². The van der Waals surface area contributed by atoms with Gasteiger partial charge in [-0.2, -0.15) is 0 Å². The molecule has 0 aromatic rings. The third-order valence-corrected chi connectivity index (χ3v) is 4.47. The van der Waals surface area contributed by atoms with Crippen LogP contribution in [0, 0.1) is 0 Å². The fraction of sp³-hybridized carbons (Fsp3) is 0.950. The zero-order valence-corrected chi connectivity index (χ0v) is 17.5. The quantitative estimate of drug-likeness (QED) is 0.269. The average Bonchev–Trinajstić information content (AvgIpc) is 2.59. The lowest BCUT2D eigenvalue weighted by molar-refractivity contribution is -0.380. The van der Waals surface area contributed by atoms with Gasteiger partial charge in [-0.05, 0) is 40.0 Å². The summed E-state index contributed by atoms with van der Waals surface area (Å²) in [6, 6.07) is -0.199. The number of primary amides is 1. The van der Waals surface area contributed by atoms with Crippen molar-refractivity contribution in [1.29, 1.82) is 0 Å². The standard InChI is InChI=1S/C20H42N2O4/c1-5-18(22-19(21)23)16-14-12-10-9-11-13-15-17-20(24-6-2,25-7-3)26-8-4/h18H,5-17H2,1-4H3,(H3,21,22,23). The minimum Gasteiger partial charge on any atom is -0.352 e. The molecule has 0 saturated carbocycles. The SMILES string of the molecule is CCOC(CCCCCCCCCC(CC)NC(N)=O)(OCC)OCC. The van der Waals surface area contributed by atoms with Crippen LogP contribution >= 0.6 is 0 Å². The Bertz CT molecular complexity index is 323. The number of amides is 2. The molecule has 2 amide bonds. The van der Waals surface area contributed by atoms with Crippen molar-refractivity contribution in [2.75, 3.05) is 19.8 Å². The summed E-state index contributed by atoms with van der Waals surface area (Å²) in [7, 11) is 0. The number of carbonyl (C=O) groups excluding carboxylic acids is 1. The van der Waals surface area contributed by atoms with Crippen molar-refractivity contribution >= 4 is 6.03 Å². The monoisotopic (exact) mass is 374 g/mol. The number of rotatable bonds is 18. The highest BCUT2D eigenvalue weighted by molar-refractivity contribution is 5.71. The van der Waals surface area contributed by atoms with Crippen LogP contribution < -0.4 is 11.1 Å². The van der Waals surface area contributed by atoms with E-state index in [1.54, 1.807) is 0 Å². The van der Waals surface area contributed by atoms with Crippen LogP contribution in [-0.2, 0) is 14.2 Å². The van der Waals surface area contributed by atoms with E-state index in [1.165, 1.54) is 25.7 Å². The smallest absolute Gasteiger partial charge is 0.312 e. The summed E-state index contributed by atoms with van der Waals surface area (Å²) in [5.74, 6) is -0.860. The van der Waals surface area contributed by atoms with Gasteiger partial charge in [-0.1, -0.05) is 45.4 Å². The van der Waals surface area contributed by atoms with Crippen LogP contribution in [0.5, 0.6) is 0 Å². The molecule has 1 unspecified atom stereocenters. The van der Waals surface area contributed by atoms with E-state index in [-0.39, 0.29) is 6.04 Å². The van der Waals surface area contributed by atoms with Gasteiger partial charge in [0.2, 0.25) is 0 Å². The van der Waals surface area contributed by atoms with Crippen LogP contribution in [0.15, 0.2) is 0 Å². The van der Waals surface area contributed by atoms with E-state index in [4.69, 9.17) is 19.9 Å². The Labute approximate surface area is 160 Å². The first-order valence-corrected chi connectivity index (χ1v) is 10.5. The number of hydrogen-bond acceptors (Lipinski definition) is 4. The van der Waals surface area contributed by atoms with Crippen molar-refractivity contribution in [2.45, 2.75) is 104 Å². The van der Waals surface area contributed by atoms with E-state index in [0.29, 0.717) is 19.8 Å². The van der Waals surface area contributed by atoms with Gasteiger partial charge in [-0.15, -0.1) is 0 Å². The molecule has 0 radical (unpaired) electrons. The number of ether oxygens (including phenoxy) is 3. The van der Waals surface area contributed by atoms with Gasteiger partial charge < -0.3 is 25.3 Å². The fourth-order valence-electron chi connectivity index (χ4n) is 3.20. The Hall–Kier alpha value is -0.850. The Balaban J connectivity index is 3.79. The van der Waals surface area contributed by atoms with Gasteiger partial charge in [0, 0.05) is 32.3 Å². The molecule has 156 valence electrons. The zero-order valence-electron chi connectivity index (χ0n) is 17.5. The first-order valence-electron chi connectivity index (χ1n) is 10.5. The van der Waals surface area contributed by atoms with Gasteiger partial charge in [0.15, 0.2) is 0 Å². The fourth-order valence-corrected chi connectivity index (χ4v) is 3.20. The molecule has 0 saturated heterocycles. The van der Waals surface area contributed by atoms with Crippen LogP contribution in [0.3, 0.4) is 0 Å². The summed E-state index contributed by atoms with van der Waals surface area (Å²) in [5.41, 5.74) is 5.18. The molecule has 6 heteroatoms. The molecular formula is C20H42N2O4. The Morgan fingerprint density at radius 1 is 0.846 bits per heavy atom. The van der Waals surface area contributed by atoms with E-state index < -0.39 is 12.0 Å². The van der Waals surface area contributed by atoms with Gasteiger partial charge >= 0.3 is 6.03 Å². The number of nitrogens with two attached hydrogens (primary N) is 1. The number of carbonyl (C=O) groups is 1. The van der Waals surface area contributed by atoms with Crippen LogP contribution in [0.1, 0.15) is 91.9 Å². The Morgan fingerprint density at radius 2 is 1.31 bits per heavy atom. The molecule has 3 N–H and O–H groups in total. The van der Waals surface area contributed by atoms with E-state index >= 15 is 0 Å². The molecule has 0 bridgehead atoms. The van der Waals surface area contributed by atoms with Crippen molar-refractivity contribution < 1.29 is 19.0 Å². The van der Waals surface area contributed by atoms with Gasteiger partial charge in [0.05, 0.1) is 0 Å². The van der Waals surface area contributed by atoms with E-state index in [2.05, 4.69) is 12.2 Å². The highest BCUT2D eigenvalue weighted by Crippen LogP contribution is 2.24. The molecule has 0 spiro atoms. The summed E-state index contributed by atoms with van der Waals surface area (Å²) in [6.07, 6.45) is 11.0. The highest BCUT2D eigenvalue weighted by Gasteiger charge is 2.31. The minimum absolute atomic E-state index is 0.219. The molecule has 0 aliphatic heterocycles. The van der Waals surface area contributed by atoms with Gasteiger partial charge in [0.1, 0.15) is 0 Å². The second-order valence-electron chi connectivity index (χ2n) is 6.61. The van der Waals surface area contributed by atoms with Gasteiger partial charge in [0.25, 0.3) is 5.97 Å². The zero-order chi connectivity index (χ0) is 19.7. The largest absolute Gasteiger partial charge is 0.352 e. The molecule has 6 nitrogen and oxygen atoms in total. The molecule has 0 aromatic carbocycles. The van der Waals surface area contributed by atoms with E-state index in [1.807, 2.05) is 20.8 Å². The van der Waals surface area contributed by atoms with Gasteiger partial charge in [-0.25, -0.2) is 4.79 Å². The Kier molecular flexibility index (Phi) is 15.8. The van der Waals surface area contributed by atoms with Crippen molar-refractivity contribution in [2.24, 2.45) is 5.73 Å². The maximum atomic E-state index is 10.9. The molecular weight excluding hydrogens is 332 g/mol. The molecule has 0 heterocycles. The molecule has 0 aliphatic carbocycles. The molecule has 0 rings (SSSR count). The van der Waals surface area contributed by atoms with Crippen LogP contribution in [0.4, 0.5) is 4.79 Å². The number of urea groups is 1. The van der Waals surface area contributed by atoms with Crippen molar-refractivity contribution in [3.8, 4) is 0 Å². The summed E-state index contributed by atoms with van der Waals surface area (Å²) < 4.78 is 17.2. The number of nitrogens with one attached hydrogen (secondary N) is 1. The maximum Gasteiger partial charge on any atom is 0.312 e. The van der Waals surface area contributed by atoms with Crippen molar-refractivity contribution in [3.05, 3.63) is 0 Å². The van der Waals surface area contributed by atoms with Crippen LogP contribution in [0.2, 0.25) is 0 Å². The van der Waals surface area contributed by atoms with Crippen LogP contribution in [-0.4, -0.2) is 37.9 Å². The molecule has 0 aliphatic rings. The average molecular weight is 375 g/mol. The first-order chi connectivity index (χ1) is 12.5. The Morgan fingerprint density at radius 3 is 1.73 bits per heavy atom. The number of unbranched alkanes of at least 4 members (excludes halogenated alkanes) is 6. The van der Waals surface area contributed by atoms with Gasteiger partial charge in [-0.3, -0.25) is 0 Å². The normalized spacial score (nSPS) is 12.9. The van der Waals surface area contributed by atoms with E-state index in [9.17, 15) is 4.79 Å². The lowest BCUT2D eigenvalue weighted by atomic mass is 10.0. The van der Waals surface area contributed by atoms with Crippen LogP contribution in [0.25, 0.3) is 0 Å². The second kappa shape index (κ2) is 16.3. The third-order valence-electron chi connectivity index (χ3n) is 4.47. The summed E-state index contributed by atoms with van der Waals surface area (Å²) in [4.78, 5) is 10.9. The lowest BCUT2D eigenvalue weighted by Crippen LogP contribution is -2.39. The predicted molar refractivity (Wildman–Crippen MR) is 106 cm³/mol. The first kappa shape index (κ1) is 25.1. The summed E-state index contributed by atoms with van der Waals surface area (Å²) in [6.45, 7) is 9.74. The van der Waals surface area contributed by atoms with Crippen molar-refractivity contribution in [3.63, 3.8) is 0 Å². The minimum atomic E-state index is -0.860. The molecule has 0 fully saturated rings. The molecule has 26 heavy (non-hydrogen) atoms. The second-order valence-corrected chi connectivity index (χ2v) is 6.61. The lowest BCUT2D eigenvalue weighted by Gasteiger charge is -2.32. The maximum absolute atomic E-state index is 10.9.